The van der Waals surface area contributed by atoms with Crippen LogP contribution >= 0.6 is 0 Å². The van der Waals surface area contributed by atoms with Gasteiger partial charge in [0.25, 0.3) is 5.56 Å². The van der Waals surface area contributed by atoms with E-state index in [2.05, 4.69) is 4.98 Å². The monoisotopic (exact) mass is 325 g/mol. The summed E-state index contributed by atoms with van der Waals surface area (Å²) in [6, 6.07) is 17.2. The number of aromatic nitrogens is 2. The summed E-state index contributed by atoms with van der Waals surface area (Å²) in [6.07, 6.45) is 0. The Bertz CT molecular complexity index is 1430. The van der Waals surface area contributed by atoms with Crippen molar-refractivity contribution in [2.45, 2.75) is 6.92 Å². The Morgan fingerprint density at radius 3 is 2.84 bits per heavy atom. The average molecular weight is 325 g/mol. The summed E-state index contributed by atoms with van der Waals surface area (Å²) in [7, 11) is 0. The SMILES string of the molecule is Cc1ccc2cc3c(oc2c1)c(C#N)c(=O)n1c2ccccc2nc31. The minimum absolute atomic E-state index is 0.00550. The van der Waals surface area contributed by atoms with Crippen LogP contribution in [0.25, 0.3) is 38.6 Å². The van der Waals surface area contributed by atoms with Crippen LogP contribution in [0.5, 0.6) is 0 Å². The van der Waals surface area contributed by atoms with Gasteiger partial charge in [-0.2, -0.15) is 5.26 Å². The highest BCUT2D eigenvalue weighted by molar-refractivity contribution is 6.02. The minimum atomic E-state index is -0.408. The third-order valence-corrected chi connectivity index (χ3v) is 4.48. The molecular formula is C20H11N3O2. The third-order valence-electron chi connectivity index (χ3n) is 4.48. The minimum Gasteiger partial charge on any atom is -0.454 e. The zero-order valence-corrected chi connectivity index (χ0v) is 13.3. The largest absolute Gasteiger partial charge is 0.454 e. The number of benzene rings is 2. The summed E-state index contributed by atoms with van der Waals surface area (Å²) >= 11 is 0. The van der Waals surface area contributed by atoms with Crippen LogP contribution < -0.4 is 5.56 Å². The molecule has 0 aliphatic carbocycles. The highest BCUT2D eigenvalue weighted by Gasteiger charge is 2.19. The molecule has 0 radical (unpaired) electrons. The first-order valence-electron chi connectivity index (χ1n) is 7.85. The lowest BCUT2D eigenvalue weighted by atomic mass is 10.1. The first-order valence-corrected chi connectivity index (χ1v) is 7.85. The second kappa shape index (κ2) is 4.68. The maximum atomic E-state index is 12.9. The molecule has 25 heavy (non-hydrogen) atoms. The van der Waals surface area contributed by atoms with E-state index in [1.54, 1.807) is 0 Å². The van der Waals surface area contributed by atoms with Crippen molar-refractivity contribution in [2.75, 3.05) is 0 Å². The Kier molecular flexibility index (Phi) is 2.58. The fraction of sp³-hybridized carbons (Fsp3) is 0.0500. The van der Waals surface area contributed by atoms with Gasteiger partial charge in [-0.15, -0.1) is 0 Å². The molecule has 5 nitrogen and oxygen atoms in total. The molecule has 0 saturated carbocycles. The van der Waals surface area contributed by atoms with Crippen molar-refractivity contribution in [3.63, 3.8) is 0 Å². The smallest absolute Gasteiger partial charge is 0.278 e. The maximum absolute atomic E-state index is 12.9. The molecule has 5 rings (SSSR count). The molecule has 3 heterocycles. The van der Waals surface area contributed by atoms with E-state index in [9.17, 15) is 10.1 Å². The average Bonchev–Trinajstić information content (AvgIpc) is 3.01. The molecule has 0 N–H and O–H groups in total. The zero-order valence-electron chi connectivity index (χ0n) is 13.3. The zero-order chi connectivity index (χ0) is 17.1. The molecule has 5 heteroatoms. The van der Waals surface area contributed by atoms with Crippen LogP contribution in [-0.2, 0) is 0 Å². The molecule has 0 fully saturated rings. The summed E-state index contributed by atoms with van der Waals surface area (Å²) in [4.78, 5) is 17.5. The summed E-state index contributed by atoms with van der Waals surface area (Å²) in [6.45, 7) is 1.97. The van der Waals surface area contributed by atoms with Gasteiger partial charge in [0.15, 0.2) is 16.8 Å². The molecule has 0 spiro atoms. The van der Waals surface area contributed by atoms with Crippen molar-refractivity contribution in [2.24, 2.45) is 0 Å². The summed E-state index contributed by atoms with van der Waals surface area (Å²) in [5.74, 6) is 0. The van der Waals surface area contributed by atoms with Gasteiger partial charge in [0.2, 0.25) is 0 Å². The Labute approximate surface area is 141 Å². The molecule has 0 saturated heterocycles. The number of para-hydroxylation sites is 2. The van der Waals surface area contributed by atoms with Crippen molar-refractivity contribution < 1.29 is 4.42 Å². The van der Waals surface area contributed by atoms with E-state index in [4.69, 9.17) is 4.42 Å². The predicted molar refractivity (Wildman–Crippen MR) is 95.7 cm³/mol. The topological polar surface area (TPSA) is 71.3 Å². The number of nitrogens with zero attached hydrogens (tertiary/aromatic N) is 3. The van der Waals surface area contributed by atoms with Gasteiger partial charge in [0.1, 0.15) is 11.7 Å². The molecule has 0 amide bonds. The Morgan fingerprint density at radius 1 is 1.16 bits per heavy atom. The van der Waals surface area contributed by atoms with Gasteiger partial charge in [-0.3, -0.25) is 9.20 Å². The van der Waals surface area contributed by atoms with Crippen LogP contribution in [-0.4, -0.2) is 9.38 Å². The number of aryl methyl sites for hydroxylation is 1. The maximum Gasteiger partial charge on any atom is 0.278 e. The number of nitriles is 1. The Balaban J connectivity index is 2.13. The lowest BCUT2D eigenvalue weighted by Gasteiger charge is -2.06. The van der Waals surface area contributed by atoms with E-state index in [0.29, 0.717) is 27.6 Å². The van der Waals surface area contributed by atoms with Crippen LogP contribution in [0.2, 0.25) is 0 Å². The van der Waals surface area contributed by atoms with Gasteiger partial charge >= 0.3 is 0 Å². The molecule has 0 unspecified atom stereocenters. The molecule has 0 aliphatic rings. The summed E-state index contributed by atoms with van der Waals surface area (Å²) in [5.41, 5.74) is 3.46. The van der Waals surface area contributed by atoms with E-state index in [1.807, 2.05) is 61.5 Å². The Hall–Kier alpha value is -3.65. The molecular weight excluding hydrogens is 314 g/mol. The molecule has 0 bridgehead atoms. The highest BCUT2D eigenvalue weighted by atomic mass is 16.3. The summed E-state index contributed by atoms with van der Waals surface area (Å²) in [5, 5.41) is 11.1. The van der Waals surface area contributed by atoms with Crippen molar-refractivity contribution in [3.05, 3.63) is 70.0 Å². The standard InChI is InChI=1S/C20H11N3O2/c1-11-6-7-12-9-13-18(25-17(12)8-11)14(10-21)20(24)23-16-5-3-2-4-15(16)22-19(13)23/h2-9H,1H3. The van der Waals surface area contributed by atoms with Crippen LogP contribution in [0.15, 0.2) is 57.7 Å². The number of imidazole rings is 1. The van der Waals surface area contributed by atoms with Gasteiger partial charge in [-0.05, 0) is 36.8 Å². The number of hydrogen-bond acceptors (Lipinski definition) is 4. The second-order valence-electron chi connectivity index (χ2n) is 6.08. The number of hydrogen-bond donors (Lipinski definition) is 0. The van der Waals surface area contributed by atoms with Crippen LogP contribution in [0.1, 0.15) is 11.1 Å². The lowest BCUT2D eigenvalue weighted by Crippen LogP contribution is -2.16. The van der Waals surface area contributed by atoms with E-state index >= 15 is 0 Å². The van der Waals surface area contributed by atoms with E-state index < -0.39 is 5.56 Å². The first-order chi connectivity index (χ1) is 12.2. The van der Waals surface area contributed by atoms with Crippen molar-refractivity contribution in [3.8, 4) is 6.07 Å². The van der Waals surface area contributed by atoms with Crippen LogP contribution in [0.3, 0.4) is 0 Å². The summed E-state index contributed by atoms with van der Waals surface area (Å²) < 4.78 is 7.45. The van der Waals surface area contributed by atoms with Gasteiger partial charge < -0.3 is 4.42 Å². The van der Waals surface area contributed by atoms with Crippen LogP contribution in [0.4, 0.5) is 0 Å². The second-order valence-corrected chi connectivity index (χ2v) is 6.08. The van der Waals surface area contributed by atoms with E-state index in [-0.39, 0.29) is 11.1 Å². The fourth-order valence-corrected chi connectivity index (χ4v) is 3.31. The van der Waals surface area contributed by atoms with Gasteiger partial charge in [0.05, 0.1) is 16.4 Å². The van der Waals surface area contributed by atoms with E-state index in [1.165, 1.54) is 4.40 Å². The highest BCUT2D eigenvalue weighted by Crippen LogP contribution is 2.29. The normalized spacial score (nSPS) is 11.5. The van der Waals surface area contributed by atoms with Gasteiger partial charge in [0, 0.05) is 5.39 Å². The van der Waals surface area contributed by atoms with E-state index in [0.717, 1.165) is 10.9 Å². The number of pyridine rings is 1. The molecule has 0 aliphatic heterocycles. The number of fused-ring (bicyclic) bond motifs is 6. The van der Waals surface area contributed by atoms with Crippen molar-refractivity contribution in [1.29, 1.82) is 5.26 Å². The predicted octanol–water partition coefficient (Wildman–Crippen LogP) is 3.93. The fourth-order valence-electron chi connectivity index (χ4n) is 3.31. The van der Waals surface area contributed by atoms with Crippen molar-refractivity contribution in [1.82, 2.24) is 9.38 Å². The Morgan fingerprint density at radius 2 is 2.00 bits per heavy atom. The van der Waals surface area contributed by atoms with Gasteiger partial charge in [-0.1, -0.05) is 24.3 Å². The molecule has 2 aromatic carbocycles. The van der Waals surface area contributed by atoms with Gasteiger partial charge in [-0.25, -0.2) is 4.98 Å². The first kappa shape index (κ1) is 13.8. The quantitative estimate of drug-likeness (QED) is 0.404. The third kappa shape index (κ3) is 1.76. The van der Waals surface area contributed by atoms with Crippen LogP contribution in [0, 0.1) is 18.3 Å². The molecule has 3 aromatic heterocycles. The number of rotatable bonds is 0. The van der Waals surface area contributed by atoms with Crippen molar-refractivity contribution >= 4 is 38.6 Å². The molecule has 5 aromatic rings. The molecule has 118 valence electrons. The lowest BCUT2D eigenvalue weighted by molar-refractivity contribution is 0.657. The molecule has 0 atom stereocenters.